The molecule has 0 aliphatic carbocycles. The highest BCUT2D eigenvalue weighted by Crippen LogP contribution is 2.25. The predicted molar refractivity (Wildman–Crippen MR) is 130 cm³/mol. The van der Waals surface area contributed by atoms with Gasteiger partial charge in [-0.2, -0.15) is 0 Å². The Labute approximate surface area is 202 Å². The van der Waals surface area contributed by atoms with Crippen LogP contribution in [0.4, 0.5) is 0 Å². The summed E-state index contributed by atoms with van der Waals surface area (Å²) in [5.41, 5.74) is 0. The third-order valence-electron chi connectivity index (χ3n) is 2.65. The fourth-order valence-electron chi connectivity index (χ4n) is 2.50. The molecule has 1 aliphatic heterocycles. The van der Waals surface area contributed by atoms with Gasteiger partial charge in [0.25, 0.3) is 0 Å². The molecule has 200 valence electrons. The van der Waals surface area contributed by atoms with Gasteiger partial charge in [0, 0.05) is 26.2 Å². The Kier molecular flexibility index (Phi) is 11.2. The van der Waals surface area contributed by atoms with Gasteiger partial charge in [0.05, 0.1) is 0 Å². The van der Waals surface area contributed by atoms with Crippen molar-refractivity contribution < 1.29 is 67.2 Å². The number of hydrogen-bond donors (Lipinski definition) is 8. The maximum Gasteiger partial charge on any atom is 0.649 e. The molecule has 0 unspecified atom stereocenters. The first-order chi connectivity index (χ1) is 13.9. The molecule has 0 bridgehead atoms. The third-order valence-corrected chi connectivity index (χ3v) is 23.9. The van der Waals surface area contributed by atoms with Crippen molar-refractivity contribution in [3.05, 3.63) is 0 Å². The molecule has 1 rings (SSSR count). The molecule has 1 fully saturated rings. The lowest BCUT2D eigenvalue weighted by Gasteiger charge is -2.40. The van der Waals surface area contributed by atoms with E-state index in [1.807, 2.05) is 0 Å². The molecule has 1 heterocycles. The van der Waals surface area contributed by atoms with Crippen LogP contribution in [0.2, 0.25) is 65.5 Å². The highest BCUT2D eigenvalue weighted by Gasteiger charge is 2.58. The largest absolute Gasteiger partial charge is 0.649 e. The van der Waals surface area contributed by atoms with E-state index in [-0.39, 0.29) is 0 Å². The molecule has 0 aromatic rings. The van der Waals surface area contributed by atoms with Gasteiger partial charge in [-0.1, -0.05) is 0 Å². The van der Waals surface area contributed by atoms with Gasteiger partial charge in [-0.05, 0) is 39.3 Å². The summed E-state index contributed by atoms with van der Waals surface area (Å²) < 4.78 is 35.0. The molecule has 0 aromatic carbocycles. The minimum Gasteiger partial charge on any atom is -0.411 e. The van der Waals surface area contributed by atoms with Crippen molar-refractivity contribution in [2.24, 2.45) is 0 Å². The Bertz CT molecular complexity index is 527. The Hall–Kier alpha value is 1.14. The van der Waals surface area contributed by atoms with E-state index in [0.717, 1.165) is 0 Å². The molecular formula is C10H38O15Si8. The predicted octanol–water partition coefficient (Wildman–Crippen LogP) is -2.14. The van der Waals surface area contributed by atoms with E-state index in [9.17, 15) is 38.4 Å². The Morgan fingerprint density at radius 3 is 0.727 bits per heavy atom. The van der Waals surface area contributed by atoms with Crippen LogP contribution in [0.1, 0.15) is 0 Å². The van der Waals surface area contributed by atoms with E-state index in [4.69, 9.17) is 28.8 Å². The average molecular weight is 623 g/mol. The van der Waals surface area contributed by atoms with Crippen LogP contribution in [0.25, 0.3) is 0 Å². The van der Waals surface area contributed by atoms with Crippen molar-refractivity contribution in [3.8, 4) is 0 Å². The fourth-order valence-corrected chi connectivity index (χ4v) is 25.1. The zero-order chi connectivity index (χ0) is 26.9. The summed E-state index contributed by atoms with van der Waals surface area (Å²) in [4.78, 5) is 78.0. The lowest BCUT2D eigenvalue weighted by Crippen LogP contribution is -2.68. The molecule has 0 saturated carbocycles. The highest BCUT2D eigenvalue weighted by atomic mass is 28.6. The highest BCUT2D eigenvalue weighted by molar-refractivity contribution is 6.86. The van der Waals surface area contributed by atoms with Crippen LogP contribution >= 0.6 is 0 Å². The molecular weight excluding hydrogens is 585 g/mol. The number of rotatable bonds is 6. The van der Waals surface area contributed by atoms with Crippen molar-refractivity contribution in [2.45, 2.75) is 65.5 Å². The Morgan fingerprint density at radius 1 is 0.455 bits per heavy atom. The van der Waals surface area contributed by atoms with E-state index < -0.39 is 69.9 Å². The van der Waals surface area contributed by atoms with Crippen LogP contribution in [0.15, 0.2) is 0 Å². The zero-order valence-electron chi connectivity index (χ0n) is 20.4. The van der Waals surface area contributed by atoms with Crippen LogP contribution in [-0.2, 0) is 28.8 Å². The minimum atomic E-state index is -4.22. The molecule has 0 radical (unpaired) electrons. The molecule has 23 heteroatoms. The smallest absolute Gasteiger partial charge is 0.411 e. The second-order valence-electron chi connectivity index (χ2n) is 9.17. The molecule has 0 atom stereocenters. The van der Waals surface area contributed by atoms with Gasteiger partial charge in [-0.15, -0.1) is 0 Å². The van der Waals surface area contributed by atoms with E-state index in [2.05, 4.69) is 0 Å². The van der Waals surface area contributed by atoms with Crippen LogP contribution in [0.5, 0.6) is 0 Å². The molecule has 33 heavy (non-hydrogen) atoms. The van der Waals surface area contributed by atoms with Crippen molar-refractivity contribution in [1.29, 1.82) is 0 Å². The normalized spacial score (nSPS) is 34.7. The van der Waals surface area contributed by atoms with E-state index in [1.165, 1.54) is 65.5 Å². The third kappa shape index (κ3) is 17.3. The number of hydrogen-bond acceptors (Lipinski definition) is 15. The standard InChI is InChI=1S/C6H22O7Si4.C4H16O8Si4/c1-14(2,7)11-17(10,12-15(3,4)8)13-16(5,6)9;1-13(5)9-14(2,6)11-16(4,8)12-15(3,7)10-13/h7-10H,1-6H3;5-8H,1-4H3. The van der Waals surface area contributed by atoms with E-state index in [0.29, 0.717) is 0 Å². The van der Waals surface area contributed by atoms with Gasteiger partial charge in [0.2, 0.25) is 0 Å². The fraction of sp³-hybridized carbons (Fsp3) is 1.00. The first kappa shape index (κ1) is 34.1. The van der Waals surface area contributed by atoms with Crippen molar-refractivity contribution in [1.82, 2.24) is 0 Å². The van der Waals surface area contributed by atoms with Gasteiger partial charge in [0.1, 0.15) is 0 Å². The second kappa shape index (κ2) is 10.9. The summed E-state index contributed by atoms with van der Waals surface area (Å²) in [7, 11) is -28.4. The summed E-state index contributed by atoms with van der Waals surface area (Å²) in [6.45, 7) is 13.5. The summed E-state index contributed by atoms with van der Waals surface area (Å²) in [6, 6.07) is 0. The Balaban J connectivity index is 0.000000621. The van der Waals surface area contributed by atoms with Gasteiger partial charge < -0.3 is 67.2 Å². The topological polar surface area (TPSA) is 226 Å². The van der Waals surface area contributed by atoms with E-state index in [1.54, 1.807) is 0 Å². The van der Waals surface area contributed by atoms with Gasteiger partial charge in [0.15, 0.2) is 0 Å². The van der Waals surface area contributed by atoms with Gasteiger partial charge in [-0.25, -0.2) is 0 Å². The molecule has 1 saturated heterocycles. The molecule has 0 aromatic heterocycles. The molecule has 8 N–H and O–H groups in total. The lowest BCUT2D eigenvalue weighted by molar-refractivity contribution is 0.0794. The minimum absolute atomic E-state index is 1.23. The summed E-state index contributed by atoms with van der Waals surface area (Å²) in [5.74, 6) is 0. The summed E-state index contributed by atoms with van der Waals surface area (Å²) in [5, 5.41) is 0. The molecule has 15 nitrogen and oxygen atoms in total. The van der Waals surface area contributed by atoms with Crippen LogP contribution in [-0.4, -0.2) is 108 Å². The second-order valence-corrected chi connectivity index (χ2v) is 31.8. The van der Waals surface area contributed by atoms with E-state index >= 15 is 0 Å². The van der Waals surface area contributed by atoms with Crippen molar-refractivity contribution >= 4 is 69.9 Å². The molecule has 1 aliphatic rings. The molecule has 0 spiro atoms. The maximum absolute atomic E-state index is 10.1. The monoisotopic (exact) mass is 622 g/mol. The zero-order valence-corrected chi connectivity index (χ0v) is 28.4. The quantitative estimate of drug-likeness (QED) is 0.148. The van der Waals surface area contributed by atoms with Crippen molar-refractivity contribution in [3.63, 3.8) is 0 Å². The molecule has 0 amide bonds. The first-order valence-corrected chi connectivity index (χ1v) is 28.9. The maximum atomic E-state index is 10.1. The summed E-state index contributed by atoms with van der Waals surface area (Å²) >= 11 is 0. The van der Waals surface area contributed by atoms with Gasteiger partial charge >= 0.3 is 69.9 Å². The lowest BCUT2D eigenvalue weighted by atomic mass is 11.9. The van der Waals surface area contributed by atoms with Crippen LogP contribution in [0, 0.1) is 0 Å². The van der Waals surface area contributed by atoms with Crippen LogP contribution in [0.3, 0.4) is 0 Å². The SMILES string of the molecule is C[Si](C)(O)O[Si](O)(O[Si](C)(C)O)O[Si](C)(C)O.C[Si]1(O)O[Si](C)(O)O[Si](C)(O)O[Si](C)(O)O1. The first-order valence-electron chi connectivity index (χ1n) is 9.65. The van der Waals surface area contributed by atoms with Gasteiger partial charge in [-0.3, -0.25) is 0 Å². The van der Waals surface area contributed by atoms with Crippen LogP contribution < -0.4 is 0 Å². The van der Waals surface area contributed by atoms with Crippen molar-refractivity contribution in [2.75, 3.05) is 0 Å². The summed E-state index contributed by atoms with van der Waals surface area (Å²) in [6.07, 6.45) is 0. The average Bonchev–Trinajstić information content (AvgIpc) is 2.20. The Morgan fingerprint density at radius 2 is 0.606 bits per heavy atom.